The number of halogens is 1. The van der Waals surface area contributed by atoms with Crippen molar-refractivity contribution in [3.05, 3.63) is 0 Å². The highest BCUT2D eigenvalue weighted by Gasteiger charge is 2.28. The van der Waals surface area contributed by atoms with E-state index < -0.39 is 5.60 Å². The summed E-state index contributed by atoms with van der Waals surface area (Å²) in [6.07, 6.45) is 3.29. The van der Waals surface area contributed by atoms with Crippen molar-refractivity contribution in [3.63, 3.8) is 0 Å². The summed E-state index contributed by atoms with van der Waals surface area (Å²) in [6, 6.07) is 0.230. The van der Waals surface area contributed by atoms with Gasteiger partial charge in [0.1, 0.15) is 5.60 Å². The van der Waals surface area contributed by atoms with Crippen LogP contribution in [0.4, 0.5) is 4.79 Å². The summed E-state index contributed by atoms with van der Waals surface area (Å²) in [7, 11) is 0. The molecule has 2 aliphatic rings. The first-order valence-electron chi connectivity index (χ1n) is 11.0. The summed E-state index contributed by atoms with van der Waals surface area (Å²) >= 11 is 0. The minimum absolute atomic E-state index is 0. The van der Waals surface area contributed by atoms with Crippen LogP contribution in [0.5, 0.6) is 0 Å². The lowest BCUT2D eigenvalue weighted by Crippen LogP contribution is -2.46. The van der Waals surface area contributed by atoms with E-state index in [1.807, 2.05) is 39.5 Å². The van der Waals surface area contributed by atoms with Crippen LogP contribution in [0, 0.1) is 5.92 Å². The molecule has 0 radical (unpaired) electrons. The van der Waals surface area contributed by atoms with Crippen molar-refractivity contribution in [1.29, 1.82) is 0 Å². The Balaban J connectivity index is 0.00000450. The molecule has 2 rings (SSSR count). The van der Waals surface area contributed by atoms with Crippen LogP contribution < -0.4 is 10.6 Å². The largest absolute Gasteiger partial charge is 0.444 e. The third kappa shape index (κ3) is 8.85. The number of carbonyl (C=O) groups excluding carboxylic acids is 2. The highest BCUT2D eigenvalue weighted by atomic mass is 127. The number of hydrogen-bond donors (Lipinski definition) is 2. The van der Waals surface area contributed by atoms with Crippen molar-refractivity contribution in [2.24, 2.45) is 10.9 Å². The first kappa shape index (κ1) is 26.8. The Kier molecular flexibility index (Phi) is 11.2. The lowest BCUT2D eigenvalue weighted by molar-refractivity contribution is -0.129. The van der Waals surface area contributed by atoms with Gasteiger partial charge in [-0.25, -0.2) is 4.79 Å². The smallest absolute Gasteiger partial charge is 0.410 e. The molecule has 0 aromatic heterocycles. The Morgan fingerprint density at radius 2 is 1.83 bits per heavy atom. The second-order valence-corrected chi connectivity index (χ2v) is 8.98. The first-order valence-corrected chi connectivity index (χ1v) is 11.0. The molecule has 0 aromatic carbocycles. The number of ether oxygens (including phenoxy) is 1. The van der Waals surface area contributed by atoms with Crippen molar-refractivity contribution in [2.75, 3.05) is 39.3 Å². The second-order valence-electron chi connectivity index (χ2n) is 8.98. The van der Waals surface area contributed by atoms with E-state index in [1.165, 1.54) is 0 Å². The van der Waals surface area contributed by atoms with Gasteiger partial charge in [0.15, 0.2) is 5.96 Å². The fourth-order valence-corrected chi connectivity index (χ4v) is 3.77. The summed E-state index contributed by atoms with van der Waals surface area (Å²) in [4.78, 5) is 32.7. The fourth-order valence-electron chi connectivity index (χ4n) is 3.77. The predicted octanol–water partition coefficient (Wildman–Crippen LogP) is 2.82. The molecule has 2 saturated heterocycles. The van der Waals surface area contributed by atoms with Crippen LogP contribution in [0.15, 0.2) is 4.99 Å². The summed E-state index contributed by atoms with van der Waals surface area (Å²) in [5.74, 6) is 1.33. The number of hydrogen-bond acceptors (Lipinski definition) is 4. The fraction of sp³-hybridized carbons (Fsp3) is 0.857. The molecular formula is C21H40IN5O3. The lowest BCUT2D eigenvalue weighted by atomic mass is 9.98. The molecule has 2 atom stereocenters. The van der Waals surface area contributed by atoms with Gasteiger partial charge in [-0.05, 0) is 52.9 Å². The first-order chi connectivity index (χ1) is 13.7. The van der Waals surface area contributed by atoms with Crippen LogP contribution in [0.25, 0.3) is 0 Å². The molecule has 0 bridgehead atoms. The van der Waals surface area contributed by atoms with Gasteiger partial charge in [-0.3, -0.25) is 9.79 Å². The molecule has 2 aliphatic heterocycles. The van der Waals surface area contributed by atoms with Crippen molar-refractivity contribution in [2.45, 2.75) is 71.9 Å². The lowest BCUT2D eigenvalue weighted by Gasteiger charge is -2.33. The second kappa shape index (κ2) is 12.6. The number of amides is 2. The molecular weight excluding hydrogens is 497 g/mol. The van der Waals surface area contributed by atoms with Gasteiger partial charge in [0.05, 0.1) is 0 Å². The summed E-state index contributed by atoms with van der Waals surface area (Å²) < 4.78 is 5.51. The number of nitrogens with zero attached hydrogens (tertiary/aromatic N) is 3. The molecule has 174 valence electrons. The zero-order chi connectivity index (χ0) is 21.4. The quantitative estimate of drug-likeness (QED) is 0.320. The molecule has 2 N–H and O–H groups in total. The highest BCUT2D eigenvalue weighted by Crippen LogP contribution is 2.19. The Hall–Kier alpha value is -1.26. The van der Waals surface area contributed by atoms with Crippen molar-refractivity contribution in [3.8, 4) is 0 Å². The van der Waals surface area contributed by atoms with E-state index in [0.717, 1.165) is 51.4 Å². The summed E-state index contributed by atoms with van der Waals surface area (Å²) in [6.45, 7) is 14.0. The van der Waals surface area contributed by atoms with E-state index in [4.69, 9.17) is 9.73 Å². The average Bonchev–Trinajstić information content (AvgIpc) is 3.13. The Morgan fingerprint density at radius 1 is 1.10 bits per heavy atom. The Morgan fingerprint density at radius 3 is 2.47 bits per heavy atom. The van der Waals surface area contributed by atoms with E-state index in [9.17, 15) is 9.59 Å². The number of carbonyl (C=O) groups is 2. The zero-order valence-electron chi connectivity index (χ0n) is 19.2. The van der Waals surface area contributed by atoms with Gasteiger partial charge in [-0.2, -0.15) is 0 Å². The SMILES string of the molecule is CCNC(=NCC1CCCN(C(=O)OC(C)(C)C)C1)NC1CCN(C(=O)CC)C1.I. The van der Waals surface area contributed by atoms with Crippen LogP contribution in [-0.4, -0.2) is 78.7 Å². The van der Waals surface area contributed by atoms with Gasteiger partial charge in [-0.1, -0.05) is 6.92 Å². The van der Waals surface area contributed by atoms with Gasteiger partial charge in [0.25, 0.3) is 0 Å². The van der Waals surface area contributed by atoms with E-state index >= 15 is 0 Å². The molecule has 2 amide bonds. The number of likely N-dealkylation sites (tertiary alicyclic amines) is 2. The van der Waals surface area contributed by atoms with E-state index in [1.54, 1.807) is 4.90 Å². The van der Waals surface area contributed by atoms with Gasteiger partial charge >= 0.3 is 6.09 Å². The van der Waals surface area contributed by atoms with Crippen LogP contribution in [0.3, 0.4) is 0 Å². The van der Waals surface area contributed by atoms with Gasteiger partial charge in [0.2, 0.25) is 5.91 Å². The van der Waals surface area contributed by atoms with E-state index in [2.05, 4.69) is 10.6 Å². The summed E-state index contributed by atoms with van der Waals surface area (Å²) in [5.41, 5.74) is -0.474. The molecule has 0 aliphatic carbocycles. The molecule has 0 spiro atoms. The average molecular weight is 537 g/mol. The van der Waals surface area contributed by atoms with Crippen molar-refractivity contribution < 1.29 is 14.3 Å². The minimum Gasteiger partial charge on any atom is -0.444 e. The standard InChI is InChI=1S/C21H39N5O3.HI/c1-6-18(27)25-12-10-17(15-25)24-19(22-7-2)23-13-16-9-8-11-26(14-16)20(28)29-21(3,4)5;/h16-17H,6-15H2,1-5H3,(H2,22,23,24);1H. The number of nitrogens with one attached hydrogen (secondary N) is 2. The third-order valence-electron chi connectivity index (χ3n) is 5.21. The number of aliphatic imine (C=N–C) groups is 1. The van der Waals surface area contributed by atoms with Crippen molar-refractivity contribution >= 4 is 41.9 Å². The minimum atomic E-state index is -0.474. The van der Waals surface area contributed by atoms with E-state index in [-0.39, 0.29) is 42.0 Å². The van der Waals surface area contributed by atoms with Gasteiger partial charge in [-0.15, -0.1) is 24.0 Å². The topological polar surface area (TPSA) is 86.3 Å². The summed E-state index contributed by atoms with van der Waals surface area (Å²) in [5, 5.41) is 6.77. The number of guanidine groups is 1. The number of piperidine rings is 1. The molecule has 2 heterocycles. The Labute approximate surface area is 198 Å². The van der Waals surface area contributed by atoms with E-state index in [0.29, 0.717) is 25.4 Å². The maximum atomic E-state index is 12.4. The molecule has 9 heteroatoms. The van der Waals surface area contributed by atoms with Crippen LogP contribution >= 0.6 is 24.0 Å². The van der Waals surface area contributed by atoms with Crippen LogP contribution in [-0.2, 0) is 9.53 Å². The molecule has 30 heavy (non-hydrogen) atoms. The number of rotatable bonds is 5. The van der Waals surface area contributed by atoms with Gasteiger partial charge in [0, 0.05) is 51.7 Å². The maximum Gasteiger partial charge on any atom is 0.410 e. The molecule has 8 nitrogen and oxygen atoms in total. The van der Waals surface area contributed by atoms with Crippen molar-refractivity contribution in [1.82, 2.24) is 20.4 Å². The maximum absolute atomic E-state index is 12.4. The molecule has 0 saturated carbocycles. The monoisotopic (exact) mass is 537 g/mol. The highest BCUT2D eigenvalue weighted by molar-refractivity contribution is 14.0. The molecule has 0 aromatic rings. The van der Waals surface area contributed by atoms with Crippen LogP contribution in [0.2, 0.25) is 0 Å². The Bertz CT molecular complexity index is 594. The molecule has 2 fully saturated rings. The van der Waals surface area contributed by atoms with Gasteiger partial charge < -0.3 is 25.2 Å². The third-order valence-corrected chi connectivity index (χ3v) is 5.21. The normalized spacial score (nSPS) is 22.4. The molecule has 2 unspecified atom stereocenters. The van der Waals surface area contributed by atoms with Crippen LogP contribution in [0.1, 0.15) is 60.3 Å². The zero-order valence-corrected chi connectivity index (χ0v) is 21.5. The predicted molar refractivity (Wildman–Crippen MR) is 130 cm³/mol.